The Morgan fingerprint density at radius 1 is 1.18 bits per heavy atom. The molecule has 1 aromatic heterocycles. The molecule has 0 bridgehead atoms. The second kappa shape index (κ2) is 4.69. The van der Waals surface area contributed by atoms with Gasteiger partial charge in [0, 0.05) is 11.8 Å². The number of nitrogens with zero attached hydrogens (tertiary/aromatic N) is 1. The number of rotatable bonds is 3. The molecule has 1 aromatic carbocycles. The van der Waals surface area contributed by atoms with Gasteiger partial charge in [-0.25, -0.2) is 0 Å². The van der Waals surface area contributed by atoms with Crippen molar-refractivity contribution in [3.63, 3.8) is 0 Å². The monoisotopic (exact) mass is 312 g/mol. The number of alkyl halides is 2. The third-order valence-electron chi connectivity index (χ3n) is 2.65. The van der Waals surface area contributed by atoms with Gasteiger partial charge in [0.25, 0.3) is 5.91 Å². The molecule has 0 fully saturated rings. The van der Waals surface area contributed by atoms with E-state index in [4.69, 9.17) is 4.42 Å². The van der Waals surface area contributed by atoms with Crippen LogP contribution in [0.3, 0.4) is 0 Å². The van der Waals surface area contributed by atoms with Crippen LogP contribution < -0.4 is 14.8 Å². The van der Waals surface area contributed by atoms with Gasteiger partial charge in [0.15, 0.2) is 17.3 Å². The molecule has 8 nitrogen and oxygen atoms in total. The first-order chi connectivity index (χ1) is 10.3. The molecule has 3 rings (SSSR count). The van der Waals surface area contributed by atoms with Crippen molar-refractivity contribution in [1.82, 2.24) is 0 Å². The van der Waals surface area contributed by atoms with Gasteiger partial charge in [0.1, 0.15) is 4.92 Å². The molecular formula is C12H6F2N2O6. The van der Waals surface area contributed by atoms with Crippen molar-refractivity contribution in [2.75, 3.05) is 5.32 Å². The Labute approximate surface area is 120 Å². The standard InChI is InChI=1S/C12H6F2N2O6/c13-12(14)21-7-2-1-6(5-9(7)22-12)15-11(17)8-3-4-10(20-8)16(18)19/h1-5H,(H,15,17). The molecule has 1 amide bonds. The summed E-state index contributed by atoms with van der Waals surface area (Å²) >= 11 is 0. The van der Waals surface area contributed by atoms with Crippen LogP contribution in [-0.2, 0) is 0 Å². The number of carbonyl (C=O) groups is 1. The first-order valence-corrected chi connectivity index (χ1v) is 5.79. The van der Waals surface area contributed by atoms with Gasteiger partial charge < -0.3 is 19.2 Å². The van der Waals surface area contributed by atoms with Crippen LogP contribution in [0.5, 0.6) is 11.5 Å². The molecule has 2 heterocycles. The minimum absolute atomic E-state index is 0.129. The van der Waals surface area contributed by atoms with Gasteiger partial charge >= 0.3 is 12.2 Å². The maximum atomic E-state index is 12.9. The number of carbonyl (C=O) groups excluding carboxylic acids is 1. The number of nitro groups is 1. The maximum Gasteiger partial charge on any atom is 0.586 e. The fourth-order valence-electron chi connectivity index (χ4n) is 1.77. The number of amides is 1. The van der Waals surface area contributed by atoms with E-state index >= 15 is 0 Å². The zero-order chi connectivity index (χ0) is 15.9. The summed E-state index contributed by atoms with van der Waals surface area (Å²) in [6, 6.07) is 5.77. The van der Waals surface area contributed by atoms with Gasteiger partial charge in [0.05, 0.1) is 6.07 Å². The lowest BCUT2D eigenvalue weighted by atomic mass is 10.2. The number of ether oxygens (including phenoxy) is 2. The molecule has 22 heavy (non-hydrogen) atoms. The molecule has 1 N–H and O–H groups in total. The van der Waals surface area contributed by atoms with E-state index in [-0.39, 0.29) is 22.9 Å². The Hall–Kier alpha value is -3.17. The number of benzene rings is 1. The summed E-state index contributed by atoms with van der Waals surface area (Å²) in [7, 11) is 0. The van der Waals surface area contributed by atoms with Crippen molar-refractivity contribution in [2.24, 2.45) is 0 Å². The summed E-state index contributed by atoms with van der Waals surface area (Å²) in [5.41, 5.74) is 0.129. The highest BCUT2D eigenvalue weighted by Gasteiger charge is 2.43. The molecule has 0 unspecified atom stereocenters. The van der Waals surface area contributed by atoms with E-state index in [1.54, 1.807) is 0 Å². The number of hydrogen-bond acceptors (Lipinski definition) is 6. The second-order valence-corrected chi connectivity index (χ2v) is 4.18. The first kappa shape index (κ1) is 13.8. The van der Waals surface area contributed by atoms with Crippen LogP contribution >= 0.6 is 0 Å². The van der Waals surface area contributed by atoms with Crippen LogP contribution in [0.25, 0.3) is 0 Å². The predicted octanol–water partition coefficient (Wildman–Crippen LogP) is 2.76. The Bertz CT molecular complexity index is 773. The summed E-state index contributed by atoms with van der Waals surface area (Å²) in [5, 5.41) is 12.8. The van der Waals surface area contributed by atoms with Crippen molar-refractivity contribution >= 4 is 17.5 Å². The zero-order valence-corrected chi connectivity index (χ0v) is 10.5. The Morgan fingerprint density at radius 2 is 1.91 bits per heavy atom. The van der Waals surface area contributed by atoms with Crippen LogP contribution in [0.15, 0.2) is 34.7 Å². The number of hydrogen-bond donors (Lipinski definition) is 1. The van der Waals surface area contributed by atoms with Crippen LogP contribution in [0.4, 0.5) is 20.4 Å². The molecule has 0 aliphatic carbocycles. The van der Waals surface area contributed by atoms with Gasteiger partial charge in [-0.15, -0.1) is 8.78 Å². The summed E-state index contributed by atoms with van der Waals surface area (Å²) in [4.78, 5) is 21.5. The fourth-order valence-corrected chi connectivity index (χ4v) is 1.77. The number of furan rings is 1. The molecule has 114 valence electrons. The third-order valence-corrected chi connectivity index (χ3v) is 2.65. The number of halogens is 2. The van der Waals surface area contributed by atoms with E-state index in [1.165, 1.54) is 12.1 Å². The third kappa shape index (κ3) is 2.53. The predicted molar refractivity (Wildman–Crippen MR) is 66.0 cm³/mol. The number of fused-ring (bicyclic) bond motifs is 1. The number of anilines is 1. The quantitative estimate of drug-likeness (QED) is 0.690. The minimum Gasteiger partial charge on any atom is -0.395 e. The van der Waals surface area contributed by atoms with Crippen LogP contribution in [0.1, 0.15) is 10.6 Å². The van der Waals surface area contributed by atoms with Crippen LogP contribution in [0.2, 0.25) is 0 Å². The van der Waals surface area contributed by atoms with Gasteiger partial charge in [-0.3, -0.25) is 14.9 Å². The van der Waals surface area contributed by atoms with E-state index in [0.717, 1.165) is 18.2 Å². The lowest BCUT2D eigenvalue weighted by Crippen LogP contribution is -2.25. The highest BCUT2D eigenvalue weighted by molar-refractivity contribution is 6.02. The van der Waals surface area contributed by atoms with Crippen molar-refractivity contribution in [1.29, 1.82) is 0 Å². The smallest absolute Gasteiger partial charge is 0.395 e. The molecule has 0 saturated carbocycles. The largest absolute Gasteiger partial charge is 0.586 e. The van der Waals surface area contributed by atoms with Crippen LogP contribution in [-0.4, -0.2) is 17.1 Å². The van der Waals surface area contributed by atoms with E-state index in [1.807, 2.05) is 0 Å². The summed E-state index contributed by atoms with van der Waals surface area (Å²) in [6.07, 6.45) is -3.76. The van der Waals surface area contributed by atoms with E-state index in [9.17, 15) is 23.7 Å². The average molecular weight is 312 g/mol. The fraction of sp³-hybridized carbons (Fsp3) is 0.0833. The molecule has 2 aromatic rings. The highest BCUT2D eigenvalue weighted by Crippen LogP contribution is 2.42. The van der Waals surface area contributed by atoms with Crippen molar-refractivity contribution in [3.05, 3.63) is 46.2 Å². The summed E-state index contributed by atoms with van der Waals surface area (Å²) in [5.74, 6) is -2.08. The number of nitrogens with one attached hydrogen (secondary N) is 1. The molecule has 0 radical (unpaired) electrons. The molecule has 10 heteroatoms. The van der Waals surface area contributed by atoms with Gasteiger partial charge in [-0.2, -0.15) is 0 Å². The molecule has 1 aliphatic rings. The van der Waals surface area contributed by atoms with Crippen molar-refractivity contribution in [2.45, 2.75) is 6.29 Å². The van der Waals surface area contributed by atoms with Crippen molar-refractivity contribution < 1.29 is 32.4 Å². The maximum absolute atomic E-state index is 12.9. The normalized spacial score (nSPS) is 14.6. The lowest BCUT2D eigenvalue weighted by Gasteiger charge is -2.04. The highest BCUT2D eigenvalue weighted by atomic mass is 19.3. The van der Waals surface area contributed by atoms with E-state index < -0.39 is 23.0 Å². The summed E-state index contributed by atoms with van der Waals surface area (Å²) < 4.78 is 38.9. The van der Waals surface area contributed by atoms with E-state index in [0.29, 0.717) is 0 Å². The molecular weight excluding hydrogens is 306 g/mol. The van der Waals surface area contributed by atoms with E-state index in [2.05, 4.69) is 14.8 Å². The Balaban J connectivity index is 1.76. The lowest BCUT2D eigenvalue weighted by molar-refractivity contribution is -0.402. The molecule has 1 aliphatic heterocycles. The molecule has 0 spiro atoms. The zero-order valence-electron chi connectivity index (χ0n) is 10.5. The van der Waals surface area contributed by atoms with Gasteiger partial charge in [-0.1, -0.05) is 0 Å². The average Bonchev–Trinajstić information content (AvgIpc) is 3.00. The van der Waals surface area contributed by atoms with Gasteiger partial charge in [0.2, 0.25) is 0 Å². The second-order valence-electron chi connectivity index (χ2n) is 4.18. The molecule has 0 saturated heterocycles. The van der Waals surface area contributed by atoms with Crippen molar-refractivity contribution in [3.8, 4) is 11.5 Å². The topological polar surface area (TPSA) is 104 Å². The molecule has 0 atom stereocenters. The summed E-state index contributed by atoms with van der Waals surface area (Å²) in [6.45, 7) is 0. The Morgan fingerprint density at radius 3 is 2.59 bits per heavy atom. The Kier molecular flexibility index (Phi) is 2.94. The first-order valence-electron chi connectivity index (χ1n) is 5.79. The van der Waals surface area contributed by atoms with Gasteiger partial charge in [-0.05, 0) is 18.2 Å². The van der Waals surface area contributed by atoms with Crippen LogP contribution in [0, 0.1) is 10.1 Å². The SMILES string of the molecule is O=C(Nc1ccc2c(c1)OC(F)(F)O2)c1ccc([N+](=O)[O-])o1. The minimum atomic E-state index is -3.76.